The topological polar surface area (TPSA) is 78.4 Å². The van der Waals surface area contributed by atoms with Crippen LogP contribution in [0.3, 0.4) is 0 Å². The van der Waals surface area contributed by atoms with Gasteiger partial charge in [0.05, 0.1) is 5.92 Å². The number of piperidine rings is 1. The Morgan fingerprint density at radius 2 is 1.72 bits per heavy atom. The normalized spacial score (nSPS) is 18.3. The predicted molar refractivity (Wildman–Crippen MR) is 141 cm³/mol. The van der Waals surface area contributed by atoms with Crippen LogP contribution in [0.4, 0.5) is 11.5 Å². The number of carbonyl (C=O) groups excluding carboxylic acids is 2. The highest BCUT2D eigenvalue weighted by molar-refractivity contribution is 5.96. The summed E-state index contributed by atoms with van der Waals surface area (Å²) >= 11 is 0. The number of nitrogens with zero attached hydrogens (tertiary/aromatic N) is 4. The summed E-state index contributed by atoms with van der Waals surface area (Å²) in [7, 11) is 0. The van der Waals surface area contributed by atoms with Crippen LogP contribution >= 0.6 is 0 Å². The molecule has 1 unspecified atom stereocenters. The number of hydrogen-bond acceptors (Lipinski definition) is 5. The third-order valence-electron chi connectivity index (χ3n) is 7.49. The van der Waals surface area contributed by atoms with Crippen LogP contribution in [0.25, 0.3) is 0 Å². The van der Waals surface area contributed by atoms with Gasteiger partial charge in [-0.3, -0.25) is 9.59 Å². The Balaban J connectivity index is 1.13. The Morgan fingerprint density at radius 1 is 0.944 bits per heavy atom. The van der Waals surface area contributed by atoms with E-state index in [2.05, 4.69) is 38.6 Å². The van der Waals surface area contributed by atoms with Crippen molar-refractivity contribution in [2.24, 2.45) is 5.92 Å². The van der Waals surface area contributed by atoms with Crippen molar-refractivity contribution in [3.05, 3.63) is 83.0 Å². The molecule has 5 rings (SSSR count). The molecule has 3 aromatic rings. The number of anilines is 2. The third kappa shape index (κ3) is 5.25. The summed E-state index contributed by atoms with van der Waals surface area (Å²) in [6, 6.07) is 18.0. The number of aryl methyl sites for hydroxylation is 2. The molecule has 7 nitrogen and oxygen atoms in total. The van der Waals surface area contributed by atoms with Crippen LogP contribution in [0, 0.1) is 19.8 Å². The fourth-order valence-electron chi connectivity index (χ4n) is 5.37. The summed E-state index contributed by atoms with van der Waals surface area (Å²) in [4.78, 5) is 29.9. The quantitative estimate of drug-likeness (QED) is 0.575. The van der Waals surface area contributed by atoms with E-state index in [9.17, 15) is 9.59 Å². The molecule has 186 valence electrons. The van der Waals surface area contributed by atoms with Gasteiger partial charge in [0.1, 0.15) is 0 Å². The predicted octanol–water partition coefficient (Wildman–Crippen LogP) is 4.58. The minimum atomic E-state index is -0.0642. The highest BCUT2D eigenvalue weighted by Crippen LogP contribution is 2.30. The molecule has 2 aromatic carbocycles. The molecule has 2 aliphatic rings. The van der Waals surface area contributed by atoms with E-state index in [0.717, 1.165) is 61.5 Å². The van der Waals surface area contributed by atoms with Gasteiger partial charge in [-0.1, -0.05) is 29.8 Å². The fraction of sp³-hybridized carbons (Fsp3) is 0.379. The van der Waals surface area contributed by atoms with Crippen molar-refractivity contribution >= 4 is 23.3 Å². The maximum atomic E-state index is 13.0. The van der Waals surface area contributed by atoms with Gasteiger partial charge < -0.3 is 15.1 Å². The van der Waals surface area contributed by atoms with Crippen molar-refractivity contribution in [3.63, 3.8) is 0 Å². The smallest absolute Gasteiger partial charge is 0.254 e. The van der Waals surface area contributed by atoms with E-state index in [1.165, 1.54) is 11.1 Å². The van der Waals surface area contributed by atoms with E-state index in [1.54, 1.807) is 6.20 Å². The van der Waals surface area contributed by atoms with E-state index in [4.69, 9.17) is 0 Å². The first kappa shape index (κ1) is 24.0. The molecule has 0 bridgehead atoms. The molecule has 1 aromatic heterocycles. The maximum absolute atomic E-state index is 13.0. The van der Waals surface area contributed by atoms with Gasteiger partial charge >= 0.3 is 0 Å². The highest BCUT2D eigenvalue weighted by Gasteiger charge is 2.29. The Labute approximate surface area is 212 Å². The number of carbonyl (C=O) groups is 2. The van der Waals surface area contributed by atoms with Crippen LogP contribution in [0.2, 0.25) is 0 Å². The zero-order valence-corrected chi connectivity index (χ0v) is 21.0. The fourth-order valence-corrected chi connectivity index (χ4v) is 5.37. The van der Waals surface area contributed by atoms with Gasteiger partial charge in [-0.15, -0.1) is 5.10 Å². The number of aromatic nitrogens is 2. The zero-order chi connectivity index (χ0) is 25.1. The van der Waals surface area contributed by atoms with Crippen molar-refractivity contribution in [3.8, 4) is 0 Å². The van der Waals surface area contributed by atoms with Gasteiger partial charge in [-0.05, 0) is 80.5 Å². The average Bonchev–Trinajstić information content (AvgIpc) is 3.40. The zero-order valence-electron chi connectivity index (χ0n) is 21.0. The third-order valence-corrected chi connectivity index (χ3v) is 7.49. The number of nitrogens with one attached hydrogen (secondary N) is 1. The molecule has 7 heteroatoms. The Bertz CT molecular complexity index is 1220. The number of rotatable bonds is 5. The Hall–Kier alpha value is -3.74. The first-order chi connectivity index (χ1) is 17.5. The first-order valence-electron chi connectivity index (χ1n) is 12.8. The van der Waals surface area contributed by atoms with Gasteiger partial charge in [-0.25, -0.2) is 0 Å². The van der Waals surface area contributed by atoms with Gasteiger partial charge in [0.15, 0.2) is 5.82 Å². The number of amides is 2. The molecule has 2 amide bonds. The van der Waals surface area contributed by atoms with E-state index in [-0.39, 0.29) is 17.7 Å². The monoisotopic (exact) mass is 483 g/mol. The van der Waals surface area contributed by atoms with E-state index < -0.39 is 0 Å². The maximum Gasteiger partial charge on any atom is 0.254 e. The molecule has 0 aliphatic carbocycles. The van der Waals surface area contributed by atoms with Gasteiger partial charge in [0.25, 0.3) is 5.91 Å². The second-order valence-electron chi connectivity index (χ2n) is 10.0. The van der Waals surface area contributed by atoms with Gasteiger partial charge in [0, 0.05) is 43.6 Å². The van der Waals surface area contributed by atoms with Crippen LogP contribution in [-0.2, 0) is 4.79 Å². The van der Waals surface area contributed by atoms with Crippen LogP contribution in [-0.4, -0.2) is 53.1 Å². The molecular weight excluding hydrogens is 450 g/mol. The molecule has 1 atom stereocenters. The van der Waals surface area contributed by atoms with Crippen LogP contribution in [0.5, 0.6) is 0 Å². The summed E-state index contributed by atoms with van der Waals surface area (Å²) in [5.41, 5.74) is 5.11. The van der Waals surface area contributed by atoms with Crippen molar-refractivity contribution in [2.45, 2.75) is 39.0 Å². The molecule has 0 saturated carbocycles. The first-order valence-corrected chi connectivity index (χ1v) is 12.8. The molecule has 3 heterocycles. The largest absolute Gasteiger partial charge is 0.354 e. The highest BCUT2D eigenvalue weighted by atomic mass is 16.2. The molecule has 1 N–H and O–H groups in total. The summed E-state index contributed by atoms with van der Waals surface area (Å²) in [6.45, 7) is 7.04. The van der Waals surface area contributed by atoms with Crippen LogP contribution < -0.4 is 10.2 Å². The SMILES string of the molecule is Cc1ccc(C(=O)N2CCC(c3ccc(NC(=O)C4CCN(c5cccnn5)C4)cc3)CC2)c(C)c1. The molecule has 2 aliphatic heterocycles. The van der Waals surface area contributed by atoms with E-state index in [1.807, 2.05) is 55.1 Å². The lowest BCUT2D eigenvalue weighted by Crippen LogP contribution is -2.38. The van der Waals surface area contributed by atoms with Crippen molar-refractivity contribution < 1.29 is 9.59 Å². The number of likely N-dealkylation sites (tertiary alicyclic amines) is 1. The van der Waals surface area contributed by atoms with Crippen molar-refractivity contribution in [1.82, 2.24) is 15.1 Å². The summed E-state index contributed by atoms with van der Waals surface area (Å²) in [5, 5.41) is 11.2. The number of hydrogen-bond donors (Lipinski definition) is 1. The second-order valence-corrected chi connectivity index (χ2v) is 10.0. The minimum absolute atomic E-state index is 0.0485. The van der Waals surface area contributed by atoms with Crippen LogP contribution in [0.15, 0.2) is 60.8 Å². The van der Waals surface area contributed by atoms with Crippen molar-refractivity contribution in [1.29, 1.82) is 0 Å². The molecule has 2 saturated heterocycles. The Kier molecular flexibility index (Phi) is 6.98. The lowest BCUT2D eigenvalue weighted by molar-refractivity contribution is -0.119. The van der Waals surface area contributed by atoms with Gasteiger partial charge in [0.2, 0.25) is 5.91 Å². The van der Waals surface area contributed by atoms with Gasteiger partial charge in [-0.2, -0.15) is 5.10 Å². The van der Waals surface area contributed by atoms with E-state index >= 15 is 0 Å². The summed E-state index contributed by atoms with van der Waals surface area (Å²) < 4.78 is 0. The summed E-state index contributed by atoms with van der Waals surface area (Å²) in [5.74, 6) is 1.36. The van der Waals surface area contributed by atoms with Crippen molar-refractivity contribution in [2.75, 3.05) is 36.4 Å². The molecule has 2 fully saturated rings. The van der Waals surface area contributed by atoms with E-state index in [0.29, 0.717) is 12.5 Å². The molecular formula is C29H33N5O2. The molecule has 0 radical (unpaired) electrons. The number of benzene rings is 2. The molecule has 0 spiro atoms. The molecule has 36 heavy (non-hydrogen) atoms. The summed E-state index contributed by atoms with van der Waals surface area (Å²) in [6.07, 6.45) is 4.35. The lowest BCUT2D eigenvalue weighted by atomic mass is 9.89. The Morgan fingerprint density at radius 3 is 2.42 bits per heavy atom. The standard InChI is InChI=1S/C29H33N5O2/c1-20-5-10-26(21(2)18-20)29(36)33-15-11-23(12-16-33)22-6-8-25(9-7-22)31-28(35)24-13-17-34(19-24)27-4-3-14-30-32-27/h3-10,14,18,23-24H,11-13,15-17,19H2,1-2H3,(H,31,35). The minimum Gasteiger partial charge on any atom is -0.354 e. The van der Waals surface area contributed by atoms with Crippen LogP contribution in [0.1, 0.15) is 52.2 Å². The average molecular weight is 484 g/mol. The second kappa shape index (κ2) is 10.5. The lowest BCUT2D eigenvalue weighted by Gasteiger charge is -2.32.